The number of nitrogens with zero attached hydrogens (tertiary/aromatic N) is 3. The molecule has 1 aliphatic rings. The summed E-state index contributed by atoms with van der Waals surface area (Å²) in [5, 5.41) is 0.654. The molecular weight excluding hydrogens is 312 g/mol. The molecule has 1 aliphatic carbocycles. The van der Waals surface area contributed by atoms with Gasteiger partial charge in [-0.1, -0.05) is 11.8 Å². The Morgan fingerprint density at radius 1 is 1.43 bits per heavy atom. The molecule has 0 saturated heterocycles. The van der Waals surface area contributed by atoms with E-state index in [0.29, 0.717) is 22.3 Å². The number of H-pyrrole nitrogens is 1. The Hall–Kier alpha value is -2.15. The number of aromatic nitrogens is 3. The van der Waals surface area contributed by atoms with Gasteiger partial charge in [-0.15, -0.1) is 0 Å². The fourth-order valence-electron chi connectivity index (χ4n) is 2.20. The van der Waals surface area contributed by atoms with Crippen LogP contribution >= 0.6 is 11.8 Å². The van der Waals surface area contributed by atoms with Crippen molar-refractivity contribution in [2.45, 2.75) is 29.5 Å². The number of aromatic amines is 1. The largest absolute Gasteiger partial charge is 0.345 e. The molecule has 1 N–H and O–H groups in total. The molecule has 23 heavy (non-hydrogen) atoms. The third-order valence-electron chi connectivity index (χ3n) is 3.54. The highest BCUT2D eigenvalue weighted by atomic mass is 32.2. The SMILES string of the molecule is CN(C)C(=O)c1cccnc1SCc1cc(=O)[nH]c(C2CC2)n1. The Kier molecular flexibility index (Phi) is 4.47. The van der Waals surface area contributed by atoms with E-state index in [1.807, 2.05) is 0 Å². The fraction of sp³-hybridized carbons (Fsp3) is 0.375. The Morgan fingerprint density at radius 3 is 2.91 bits per heavy atom. The van der Waals surface area contributed by atoms with E-state index in [1.165, 1.54) is 22.7 Å². The summed E-state index contributed by atoms with van der Waals surface area (Å²) in [6.45, 7) is 0. The number of hydrogen-bond acceptors (Lipinski definition) is 5. The van der Waals surface area contributed by atoms with E-state index in [0.717, 1.165) is 24.4 Å². The molecule has 3 rings (SSSR count). The summed E-state index contributed by atoms with van der Waals surface area (Å²) in [5.41, 5.74) is 1.16. The van der Waals surface area contributed by atoms with E-state index in [2.05, 4.69) is 15.0 Å². The van der Waals surface area contributed by atoms with Crippen molar-refractivity contribution in [2.24, 2.45) is 0 Å². The van der Waals surface area contributed by atoms with E-state index < -0.39 is 0 Å². The maximum Gasteiger partial charge on any atom is 0.256 e. The van der Waals surface area contributed by atoms with Crippen LogP contribution in [-0.4, -0.2) is 39.9 Å². The third-order valence-corrected chi connectivity index (χ3v) is 4.58. The van der Waals surface area contributed by atoms with Gasteiger partial charge < -0.3 is 9.88 Å². The van der Waals surface area contributed by atoms with E-state index in [1.54, 1.807) is 32.4 Å². The lowest BCUT2D eigenvalue weighted by Crippen LogP contribution is -2.22. The van der Waals surface area contributed by atoms with Crippen molar-refractivity contribution >= 4 is 17.7 Å². The molecule has 120 valence electrons. The van der Waals surface area contributed by atoms with Gasteiger partial charge in [-0.2, -0.15) is 0 Å². The van der Waals surface area contributed by atoms with Crippen LogP contribution in [0.25, 0.3) is 0 Å². The first-order chi connectivity index (χ1) is 11.0. The minimum atomic E-state index is -0.122. The van der Waals surface area contributed by atoms with Gasteiger partial charge in [0.25, 0.3) is 11.5 Å². The van der Waals surface area contributed by atoms with Crippen LogP contribution in [0.3, 0.4) is 0 Å². The first kappa shape index (κ1) is 15.7. The zero-order valence-corrected chi connectivity index (χ0v) is 13.9. The lowest BCUT2D eigenvalue weighted by atomic mass is 10.2. The second-order valence-electron chi connectivity index (χ2n) is 5.74. The average Bonchev–Trinajstić information content (AvgIpc) is 3.37. The number of thioether (sulfide) groups is 1. The van der Waals surface area contributed by atoms with Crippen LogP contribution in [0.2, 0.25) is 0 Å². The summed E-state index contributed by atoms with van der Waals surface area (Å²) in [4.78, 5) is 37.1. The van der Waals surface area contributed by atoms with Gasteiger partial charge in [0.2, 0.25) is 0 Å². The summed E-state index contributed by atoms with van der Waals surface area (Å²) in [7, 11) is 3.42. The molecule has 7 heteroatoms. The van der Waals surface area contributed by atoms with Gasteiger partial charge >= 0.3 is 0 Å². The van der Waals surface area contributed by atoms with Gasteiger partial charge in [0.1, 0.15) is 10.9 Å². The summed E-state index contributed by atoms with van der Waals surface area (Å²) < 4.78 is 0. The number of pyridine rings is 1. The van der Waals surface area contributed by atoms with Crippen LogP contribution in [0.1, 0.15) is 40.6 Å². The Labute approximate surface area is 138 Å². The molecule has 0 unspecified atom stereocenters. The predicted molar refractivity (Wildman–Crippen MR) is 88.6 cm³/mol. The van der Waals surface area contributed by atoms with Crippen molar-refractivity contribution in [3.8, 4) is 0 Å². The van der Waals surface area contributed by atoms with Crippen molar-refractivity contribution in [3.63, 3.8) is 0 Å². The molecule has 0 radical (unpaired) electrons. The lowest BCUT2D eigenvalue weighted by molar-refractivity contribution is 0.0823. The van der Waals surface area contributed by atoms with Crippen molar-refractivity contribution in [1.29, 1.82) is 0 Å². The second kappa shape index (κ2) is 6.54. The van der Waals surface area contributed by atoms with Crippen molar-refractivity contribution in [1.82, 2.24) is 19.9 Å². The van der Waals surface area contributed by atoms with Gasteiger partial charge in [-0.3, -0.25) is 9.59 Å². The van der Waals surface area contributed by atoms with Crippen molar-refractivity contribution in [3.05, 3.63) is 51.8 Å². The zero-order valence-electron chi connectivity index (χ0n) is 13.1. The Bertz CT molecular complexity index is 784. The number of hydrogen-bond donors (Lipinski definition) is 1. The maximum atomic E-state index is 12.2. The summed E-state index contributed by atoms with van der Waals surface area (Å²) in [5.74, 6) is 1.60. The molecule has 0 bridgehead atoms. The minimum absolute atomic E-state index is 0.0851. The van der Waals surface area contributed by atoms with Crippen LogP contribution < -0.4 is 5.56 Å². The topological polar surface area (TPSA) is 79.0 Å². The van der Waals surface area contributed by atoms with Crippen LogP contribution in [0.15, 0.2) is 34.2 Å². The van der Waals surface area contributed by atoms with Crippen LogP contribution in [-0.2, 0) is 5.75 Å². The summed E-state index contributed by atoms with van der Waals surface area (Å²) in [6, 6.07) is 5.02. The lowest BCUT2D eigenvalue weighted by Gasteiger charge is -2.12. The zero-order chi connectivity index (χ0) is 16.4. The monoisotopic (exact) mass is 330 g/mol. The highest BCUT2D eigenvalue weighted by Crippen LogP contribution is 2.37. The average molecular weight is 330 g/mol. The number of carbonyl (C=O) groups excluding carboxylic acids is 1. The molecule has 2 aromatic rings. The molecule has 0 aromatic carbocycles. The van der Waals surface area contributed by atoms with E-state index in [4.69, 9.17) is 0 Å². The smallest absolute Gasteiger partial charge is 0.256 e. The van der Waals surface area contributed by atoms with Crippen LogP contribution in [0.4, 0.5) is 0 Å². The van der Waals surface area contributed by atoms with Crippen molar-refractivity contribution < 1.29 is 4.79 Å². The Morgan fingerprint density at radius 2 is 2.22 bits per heavy atom. The fourth-order valence-corrected chi connectivity index (χ4v) is 3.08. The minimum Gasteiger partial charge on any atom is -0.345 e. The summed E-state index contributed by atoms with van der Waals surface area (Å²) in [6.07, 6.45) is 3.83. The van der Waals surface area contributed by atoms with Crippen LogP contribution in [0, 0.1) is 0 Å². The van der Waals surface area contributed by atoms with Gasteiger partial charge in [0.05, 0.1) is 11.3 Å². The van der Waals surface area contributed by atoms with E-state index in [-0.39, 0.29) is 11.5 Å². The quantitative estimate of drug-likeness (QED) is 0.849. The molecule has 1 fully saturated rings. The normalized spacial score (nSPS) is 13.8. The molecule has 1 saturated carbocycles. The first-order valence-electron chi connectivity index (χ1n) is 7.44. The van der Waals surface area contributed by atoms with Gasteiger partial charge in [-0.05, 0) is 25.0 Å². The second-order valence-corrected chi connectivity index (χ2v) is 6.70. The molecule has 0 spiro atoms. The number of carbonyl (C=O) groups is 1. The number of amides is 1. The van der Waals surface area contributed by atoms with E-state index >= 15 is 0 Å². The molecule has 2 heterocycles. The highest BCUT2D eigenvalue weighted by molar-refractivity contribution is 7.98. The molecular formula is C16H18N4O2S. The first-order valence-corrected chi connectivity index (χ1v) is 8.43. The Balaban J connectivity index is 1.79. The van der Waals surface area contributed by atoms with E-state index in [9.17, 15) is 9.59 Å². The molecule has 0 aliphatic heterocycles. The molecule has 6 nitrogen and oxygen atoms in total. The highest BCUT2D eigenvalue weighted by Gasteiger charge is 2.26. The standard InChI is InChI=1S/C16H18N4O2S/c1-20(2)16(22)12-4-3-7-17-15(12)23-9-11-8-13(21)19-14(18-11)10-5-6-10/h3-4,7-8,10H,5-6,9H2,1-2H3,(H,18,19,21). The van der Waals surface area contributed by atoms with Gasteiger partial charge in [0, 0.05) is 38.0 Å². The predicted octanol–water partition coefficient (Wildman–Crippen LogP) is 2.04. The van der Waals surface area contributed by atoms with Gasteiger partial charge in [-0.25, -0.2) is 9.97 Å². The van der Waals surface area contributed by atoms with Crippen molar-refractivity contribution in [2.75, 3.05) is 14.1 Å². The van der Waals surface area contributed by atoms with Gasteiger partial charge in [0.15, 0.2) is 0 Å². The van der Waals surface area contributed by atoms with Crippen LogP contribution in [0.5, 0.6) is 0 Å². The summed E-state index contributed by atoms with van der Waals surface area (Å²) >= 11 is 1.42. The number of nitrogens with one attached hydrogen (secondary N) is 1. The maximum absolute atomic E-state index is 12.2. The molecule has 0 atom stereocenters. The molecule has 2 aromatic heterocycles. The molecule has 1 amide bonds. The third kappa shape index (κ3) is 3.79. The number of rotatable bonds is 5.